The number of hydrazone groups is 1. The standard InChI is InChI=1S/C18H18N2O/c1-13-8-6-7-9-15(13)12-17-14(2)19-20(18(17)21)16-10-4-3-5-11-16/h3-11,17H,12H2,1-2H3. The molecule has 0 aromatic heterocycles. The topological polar surface area (TPSA) is 32.7 Å². The summed E-state index contributed by atoms with van der Waals surface area (Å²) < 4.78 is 0. The third kappa shape index (κ3) is 2.59. The van der Waals surface area contributed by atoms with Gasteiger partial charge in [0.05, 0.1) is 11.6 Å². The van der Waals surface area contributed by atoms with Gasteiger partial charge in [0.2, 0.25) is 0 Å². The van der Waals surface area contributed by atoms with Crippen LogP contribution in [0.1, 0.15) is 18.1 Å². The van der Waals surface area contributed by atoms with Crippen LogP contribution in [0.3, 0.4) is 0 Å². The number of aryl methyl sites for hydroxylation is 1. The first kappa shape index (κ1) is 13.6. The van der Waals surface area contributed by atoms with Gasteiger partial charge in [-0.25, -0.2) is 5.01 Å². The summed E-state index contributed by atoms with van der Waals surface area (Å²) in [6.07, 6.45) is 0.712. The van der Waals surface area contributed by atoms with Crippen molar-refractivity contribution in [1.29, 1.82) is 0 Å². The molecular formula is C18H18N2O. The zero-order valence-corrected chi connectivity index (χ0v) is 12.3. The van der Waals surface area contributed by atoms with E-state index in [9.17, 15) is 4.79 Å². The molecule has 21 heavy (non-hydrogen) atoms. The van der Waals surface area contributed by atoms with E-state index in [4.69, 9.17) is 0 Å². The lowest BCUT2D eigenvalue weighted by atomic mass is 9.93. The normalized spacial score (nSPS) is 18.0. The Morgan fingerprint density at radius 1 is 1.00 bits per heavy atom. The van der Waals surface area contributed by atoms with Crippen LogP contribution in [0, 0.1) is 12.8 Å². The lowest BCUT2D eigenvalue weighted by Gasteiger charge is -2.15. The first-order valence-corrected chi connectivity index (χ1v) is 7.15. The summed E-state index contributed by atoms with van der Waals surface area (Å²) in [4.78, 5) is 12.6. The maximum atomic E-state index is 12.6. The third-order valence-corrected chi connectivity index (χ3v) is 3.95. The summed E-state index contributed by atoms with van der Waals surface area (Å²) >= 11 is 0. The monoisotopic (exact) mass is 278 g/mol. The van der Waals surface area contributed by atoms with Gasteiger partial charge in [0.1, 0.15) is 0 Å². The molecule has 0 spiro atoms. The molecule has 3 nitrogen and oxygen atoms in total. The van der Waals surface area contributed by atoms with Crippen LogP contribution in [-0.4, -0.2) is 11.6 Å². The SMILES string of the molecule is CC1=NN(c2ccccc2)C(=O)C1Cc1ccccc1C. The summed E-state index contributed by atoms with van der Waals surface area (Å²) in [5, 5.41) is 5.97. The Labute approximate surface area is 124 Å². The van der Waals surface area contributed by atoms with Gasteiger partial charge in [-0.05, 0) is 43.5 Å². The fourth-order valence-electron chi connectivity index (χ4n) is 2.65. The van der Waals surface area contributed by atoms with E-state index in [1.165, 1.54) is 16.1 Å². The Balaban J connectivity index is 1.85. The number of rotatable bonds is 3. The van der Waals surface area contributed by atoms with E-state index in [0.717, 1.165) is 11.4 Å². The third-order valence-electron chi connectivity index (χ3n) is 3.95. The molecule has 1 aliphatic heterocycles. The number of amides is 1. The average Bonchev–Trinajstić information content (AvgIpc) is 2.78. The number of anilines is 1. The largest absolute Gasteiger partial charge is 0.272 e. The summed E-state index contributed by atoms with van der Waals surface area (Å²) in [5.74, 6) is -0.103. The van der Waals surface area contributed by atoms with Gasteiger partial charge in [-0.1, -0.05) is 42.5 Å². The van der Waals surface area contributed by atoms with Crippen molar-refractivity contribution in [2.75, 3.05) is 5.01 Å². The van der Waals surface area contributed by atoms with E-state index in [2.05, 4.69) is 24.2 Å². The number of hydrogen-bond donors (Lipinski definition) is 0. The number of carbonyl (C=O) groups is 1. The molecule has 0 bridgehead atoms. The molecule has 0 saturated heterocycles. The second-order valence-electron chi connectivity index (χ2n) is 5.41. The highest BCUT2D eigenvalue weighted by atomic mass is 16.2. The van der Waals surface area contributed by atoms with Crippen LogP contribution < -0.4 is 5.01 Å². The van der Waals surface area contributed by atoms with Crippen LogP contribution in [-0.2, 0) is 11.2 Å². The highest BCUT2D eigenvalue weighted by Gasteiger charge is 2.34. The van der Waals surface area contributed by atoms with Crippen LogP contribution >= 0.6 is 0 Å². The molecule has 0 radical (unpaired) electrons. The predicted octanol–water partition coefficient (Wildman–Crippen LogP) is 3.58. The van der Waals surface area contributed by atoms with Crippen LogP contribution in [0.15, 0.2) is 59.7 Å². The Morgan fingerprint density at radius 3 is 2.38 bits per heavy atom. The highest BCUT2D eigenvalue weighted by Crippen LogP contribution is 2.26. The molecule has 3 heteroatoms. The minimum Gasteiger partial charge on any atom is -0.272 e. The molecular weight excluding hydrogens is 260 g/mol. The van der Waals surface area contributed by atoms with Gasteiger partial charge in [0.25, 0.3) is 5.91 Å². The smallest absolute Gasteiger partial charge is 0.256 e. The quantitative estimate of drug-likeness (QED) is 0.844. The number of para-hydroxylation sites is 1. The maximum Gasteiger partial charge on any atom is 0.256 e. The number of carbonyl (C=O) groups excluding carboxylic acids is 1. The molecule has 0 aliphatic carbocycles. The highest BCUT2D eigenvalue weighted by molar-refractivity contribution is 6.14. The fraction of sp³-hybridized carbons (Fsp3) is 0.222. The van der Waals surface area contributed by atoms with Crippen molar-refractivity contribution in [2.24, 2.45) is 11.0 Å². The van der Waals surface area contributed by atoms with Gasteiger partial charge < -0.3 is 0 Å². The van der Waals surface area contributed by atoms with E-state index in [1.807, 2.05) is 49.4 Å². The fourth-order valence-corrected chi connectivity index (χ4v) is 2.65. The predicted molar refractivity (Wildman–Crippen MR) is 85.4 cm³/mol. The van der Waals surface area contributed by atoms with Crippen molar-refractivity contribution >= 4 is 17.3 Å². The van der Waals surface area contributed by atoms with Gasteiger partial charge in [-0.15, -0.1) is 0 Å². The minimum absolute atomic E-state index is 0.0574. The van der Waals surface area contributed by atoms with Crippen molar-refractivity contribution in [3.8, 4) is 0 Å². The van der Waals surface area contributed by atoms with Gasteiger partial charge in [0.15, 0.2) is 0 Å². The molecule has 1 heterocycles. The lowest BCUT2D eigenvalue weighted by Crippen LogP contribution is -2.28. The molecule has 106 valence electrons. The second kappa shape index (κ2) is 5.52. The number of nitrogens with zero attached hydrogens (tertiary/aromatic N) is 2. The molecule has 1 atom stereocenters. The summed E-state index contributed by atoms with van der Waals surface area (Å²) in [6, 6.07) is 17.8. The molecule has 2 aromatic rings. The van der Waals surface area contributed by atoms with Crippen LogP contribution in [0.25, 0.3) is 0 Å². The van der Waals surface area contributed by atoms with Gasteiger partial charge in [-0.3, -0.25) is 4.79 Å². The van der Waals surface area contributed by atoms with Crippen molar-refractivity contribution in [1.82, 2.24) is 0 Å². The lowest BCUT2D eigenvalue weighted by molar-refractivity contribution is -0.119. The van der Waals surface area contributed by atoms with E-state index < -0.39 is 0 Å². The number of benzene rings is 2. The van der Waals surface area contributed by atoms with Crippen molar-refractivity contribution < 1.29 is 4.79 Å². The summed E-state index contributed by atoms with van der Waals surface area (Å²) in [5.41, 5.74) is 4.14. The van der Waals surface area contributed by atoms with Gasteiger partial charge in [0, 0.05) is 5.71 Å². The summed E-state index contributed by atoms with van der Waals surface area (Å²) in [6.45, 7) is 4.01. The van der Waals surface area contributed by atoms with Crippen molar-refractivity contribution in [2.45, 2.75) is 20.3 Å². The Kier molecular flexibility index (Phi) is 3.57. The first-order valence-electron chi connectivity index (χ1n) is 7.15. The van der Waals surface area contributed by atoms with Crippen molar-refractivity contribution in [3.05, 3.63) is 65.7 Å². The molecule has 3 rings (SSSR count). The van der Waals surface area contributed by atoms with E-state index in [0.29, 0.717) is 6.42 Å². The Bertz CT molecular complexity index is 691. The zero-order chi connectivity index (χ0) is 14.8. The minimum atomic E-state index is -0.161. The van der Waals surface area contributed by atoms with Crippen LogP contribution in [0.5, 0.6) is 0 Å². The molecule has 2 aromatic carbocycles. The van der Waals surface area contributed by atoms with Crippen LogP contribution in [0.2, 0.25) is 0 Å². The Hall–Kier alpha value is -2.42. The average molecular weight is 278 g/mol. The second-order valence-corrected chi connectivity index (χ2v) is 5.41. The number of hydrogen-bond acceptors (Lipinski definition) is 2. The van der Waals surface area contributed by atoms with Gasteiger partial charge in [-0.2, -0.15) is 5.10 Å². The van der Waals surface area contributed by atoms with Gasteiger partial charge >= 0.3 is 0 Å². The Morgan fingerprint density at radius 2 is 1.67 bits per heavy atom. The molecule has 1 unspecified atom stereocenters. The van der Waals surface area contributed by atoms with Crippen LogP contribution in [0.4, 0.5) is 5.69 Å². The van der Waals surface area contributed by atoms with E-state index in [1.54, 1.807) is 0 Å². The van der Waals surface area contributed by atoms with Crippen molar-refractivity contribution in [3.63, 3.8) is 0 Å². The molecule has 0 N–H and O–H groups in total. The molecule has 1 amide bonds. The maximum absolute atomic E-state index is 12.6. The zero-order valence-electron chi connectivity index (χ0n) is 12.3. The van der Waals surface area contributed by atoms with E-state index >= 15 is 0 Å². The summed E-state index contributed by atoms with van der Waals surface area (Å²) in [7, 11) is 0. The molecule has 0 fully saturated rings. The first-order chi connectivity index (χ1) is 10.2. The molecule has 1 aliphatic rings. The molecule has 0 saturated carbocycles. The van der Waals surface area contributed by atoms with E-state index in [-0.39, 0.29) is 11.8 Å².